The summed E-state index contributed by atoms with van der Waals surface area (Å²) in [7, 11) is 0. The lowest BCUT2D eigenvalue weighted by molar-refractivity contribution is 0.271. The van der Waals surface area contributed by atoms with E-state index in [1.807, 2.05) is 6.20 Å². The molecule has 0 saturated carbocycles. The number of aryl methyl sites for hydroxylation is 1. The molecule has 108 valence electrons. The van der Waals surface area contributed by atoms with Gasteiger partial charge in [-0.15, -0.1) is 0 Å². The summed E-state index contributed by atoms with van der Waals surface area (Å²) in [6.45, 7) is 13.0. The Morgan fingerprint density at radius 2 is 2.26 bits per heavy atom. The Morgan fingerprint density at radius 1 is 1.47 bits per heavy atom. The lowest BCUT2D eigenvalue weighted by Crippen LogP contribution is -2.39. The minimum atomic E-state index is 0.214. The van der Waals surface area contributed by atoms with Crippen molar-refractivity contribution in [1.29, 1.82) is 0 Å². The van der Waals surface area contributed by atoms with E-state index in [2.05, 4.69) is 42.9 Å². The van der Waals surface area contributed by atoms with E-state index in [1.54, 1.807) is 0 Å². The second-order valence-corrected chi connectivity index (χ2v) is 6.59. The number of oxazole rings is 1. The Bertz CT molecular complexity index is 394. The van der Waals surface area contributed by atoms with Gasteiger partial charge in [-0.1, -0.05) is 6.92 Å². The van der Waals surface area contributed by atoms with Crippen molar-refractivity contribution in [1.82, 2.24) is 15.2 Å². The molecule has 1 fully saturated rings. The van der Waals surface area contributed by atoms with E-state index in [-0.39, 0.29) is 5.54 Å². The van der Waals surface area contributed by atoms with Crippen molar-refractivity contribution < 1.29 is 4.42 Å². The zero-order valence-corrected chi connectivity index (χ0v) is 12.7. The van der Waals surface area contributed by atoms with E-state index in [0.29, 0.717) is 0 Å². The van der Waals surface area contributed by atoms with Crippen molar-refractivity contribution in [2.45, 2.75) is 52.6 Å². The summed E-state index contributed by atoms with van der Waals surface area (Å²) in [4.78, 5) is 6.78. The normalized spacial score (nSPS) is 21.2. The third-order valence-corrected chi connectivity index (χ3v) is 3.60. The summed E-state index contributed by atoms with van der Waals surface area (Å²) in [5, 5.41) is 3.60. The van der Waals surface area contributed by atoms with Crippen LogP contribution < -0.4 is 5.32 Å². The molecule has 0 aromatic carbocycles. The van der Waals surface area contributed by atoms with Gasteiger partial charge in [-0.25, -0.2) is 4.98 Å². The Hall–Kier alpha value is -0.870. The van der Waals surface area contributed by atoms with Crippen molar-refractivity contribution >= 4 is 0 Å². The molecular formula is C15H27N3O. The molecule has 19 heavy (non-hydrogen) atoms. The van der Waals surface area contributed by atoms with Crippen molar-refractivity contribution in [3.05, 3.63) is 17.8 Å². The predicted octanol–water partition coefficient (Wildman–Crippen LogP) is 2.45. The molecule has 1 atom stereocenters. The second-order valence-electron chi connectivity index (χ2n) is 6.59. The van der Waals surface area contributed by atoms with Gasteiger partial charge in [0.15, 0.2) is 0 Å². The minimum Gasteiger partial charge on any atom is -0.444 e. The Morgan fingerprint density at radius 3 is 2.89 bits per heavy atom. The zero-order chi connectivity index (χ0) is 13.9. The molecule has 1 unspecified atom stereocenters. The summed E-state index contributed by atoms with van der Waals surface area (Å²) < 4.78 is 5.68. The number of aromatic nitrogens is 1. The first-order valence-electron chi connectivity index (χ1n) is 7.37. The van der Waals surface area contributed by atoms with Gasteiger partial charge >= 0.3 is 0 Å². The van der Waals surface area contributed by atoms with Crippen LogP contribution in [0.3, 0.4) is 0 Å². The first-order valence-corrected chi connectivity index (χ1v) is 7.37. The summed E-state index contributed by atoms with van der Waals surface area (Å²) in [5.41, 5.74) is 0.214. The van der Waals surface area contributed by atoms with E-state index in [4.69, 9.17) is 4.42 Å². The molecular weight excluding hydrogens is 238 g/mol. The molecule has 2 rings (SSSR count). The van der Waals surface area contributed by atoms with E-state index < -0.39 is 0 Å². The molecule has 1 aromatic rings. The van der Waals surface area contributed by atoms with Gasteiger partial charge in [0.1, 0.15) is 5.76 Å². The summed E-state index contributed by atoms with van der Waals surface area (Å²) in [6, 6.07) is 0. The second kappa shape index (κ2) is 6.06. The first kappa shape index (κ1) is 14.5. The molecule has 1 saturated heterocycles. The van der Waals surface area contributed by atoms with Gasteiger partial charge in [0.05, 0.1) is 12.7 Å². The molecule has 2 heterocycles. The highest BCUT2D eigenvalue weighted by Gasteiger charge is 2.24. The maximum Gasteiger partial charge on any atom is 0.208 e. The molecule has 4 heteroatoms. The van der Waals surface area contributed by atoms with Gasteiger partial charge in [-0.05, 0) is 46.2 Å². The van der Waals surface area contributed by atoms with Crippen LogP contribution in [0.4, 0.5) is 0 Å². The van der Waals surface area contributed by atoms with E-state index >= 15 is 0 Å². The average Bonchev–Trinajstić information content (AvgIpc) is 2.95. The maximum atomic E-state index is 5.68. The summed E-state index contributed by atoms with van der Waals surface area (Å²) >= 11 is 0. The predicted molar refractivity (Wildman–Crippen MR) is 77.0 cm³/mol. The van der Waals surface area contributed by atoms with Crippen molar-refractivity contribution in [2.75, 3.05) is 19.6 Å². The Labute approximate surface area is 116 Å². The van der Waals surface area contributed by atoms with Gasteiger partial charge < -0.3 is 9.73 Å². The van der Waals surface area contributed by atoms with Crippen LogP contribution in [-0.4, -0.2) is 35.1 Å². The molecule has 0 bridgehead atoms. The Kier molecular flexibility index (Phi) is 4.63. The number of hydrogen-bond donors (Lipinski definition) is 1. The molecule has 1 aliphatic rings. The topological polar surface area (TPSA) is 41.3 Å². The standard InChI is InChI=1S/C15H27N3O/c1-5-13-9-16-14(19-13)11-18-7-6-12(10-18)8-17-15(2,3)4/h9,12,17H,5-8,10-11H2,1-4H3. The number of nitrogens with one attached hydrogen (secondary N) is 1. The quantitative estimate of drug-likeness (QED) is 0.888. The molecule has 1 aromatic heterocycles. The molecule has 1 N–H and O–H groups in total. The summed E-state index contributed by atoms with van der Waals surface area (Å²) in [6.07, 6.45) is 4.04. The van der Waals surface area contributed by atoms with Crippen LogP contribution >= 0.6 is 0 Å². The minimum absolute atomic E-state index is 0.214. The molecule has 0 radical (unpaired) electrons. The van der Waals surface area contributed by atoms with E-state index in [1.165, 1.54) is 6.42 Å². The van der Waals surface area contributed by atoms with Crippen molar-refractivity contribution in [3.8, 4) is 0 Å². The van der Waals surface area contributed by atoms with Crippen molar-refractivity contribution in [2.24, 2.45) is 5.92 Å². The van der Waals surface area contributed by atoms with Crippen molar-refractivity contribution in [3.63, 3.8) is 0 Å². The third-order valence-electron chi connectivity index (χ3n) is 3.60. The van der Waals surface area contributed by atoms with E-state index in [9.17, 15) is 0 Å². The van der Waals surface area contributed by atoms with Gasteiger partial charge in [-0.3, -0.25) is 4.90 Å². The fraction of sp³-hybridized carbons (Fsp3) is 0.800. The van der Waals surface area contributed by atoms with Crippen LogP contribution in [0.15, 0.2) is 10.6 Å². The molecule has 4 nitrogen and oxygen atoms in total. The highest BCUT2D eigenvalue weighted by Crippen LogP contribution is 2.19. The Balaban J connectivity index is 1.75. The van der Waals surface area contributed by atoms with E-state index in [0.717, 1.165) is 50.2 Å². The van der Waals surface area contributed by atoms with Gasteiger partial charge in [0.25, 0.3) is 0 Å². The smallest absolute Gasteiger partial charge is 0.208 e. The molecule has 0 spiro atoms. The lowest BCUT2D eigenvalue weighted by Gasteiger charge is -2.23. The van der Waals surface area contributed by atoms with Gasteiger partial charge in [0.2, 0.25) is 5.89 Å². The number of nitrogens with zero attached hydrogens (tertiary/aromatic N) is 2. The van der Waals surface area contributed by atoms with Gasteiger partial charge in [0, 0.05) is 18.5 Å². The first-order chi connectivity index (χ1) is 8.96. The van der Waals surface area contributed by atoms with Crippen LogP contribution in [0.5, 0.6) is 0 Å². The lowest BCUT2D eigenvalue weighted by atomic mass is 10.1. The van der Waals surface area contributed by atoms with Crippen LogP contribution in [0.1, 0.15) is 45.8 Å². The highest BCUT2D eigenvalue weighted by atomic mass is 16.4. The number of rotatable bonds is 5. The van der Waals surface area contributed by atoms with Crippen LogP contribution in [0.25, 0.3) is 0 Å². The fourth-order valence-corrected chi connectivity index (χ4v) is 2.45. The monoisotopic (exact) mass is 265 g/mol. The molecule has 0 amide bonds. The summed E-state index contributed by atoms with van der Waals surface area (Å²) in [5.74, 6) is 2.60. The number of likely N-dealkylation sites (tertiary alicyclic amines) is 1. The SMILES string of the molecule is CCc1cnc(CN2CCC(CNC(C)(C)C)C2)o1. The molecule has 1 aliphatic heterocycles. The maximum absolute atomic E-state index is 5.68. The van der Waals surface area contributed by atoms with Gasteiger partial charge in [-0.2, -0.15) is 0 Å². The highest BCUT2D eigenvalue weighted by molar-refractivity contribution is 4.94. The largest absolute Gasteiger partial charge is 0.444 e. The van der Waals surface area contributed by atoms with Crippen LogP contribution in [0, 0.1) is 5.92 Å². The molecule has 0 aliphatic carbocycles. The van der Waals surface area contributed by atoms with Crippen LogP contribution in [-0.2, 0) is 13.0 Å². The number of hydrogen-bond acceptors (Lipinski definition) is 4. The average molecular weight is 265 g/mol. The zero-order valence-electron chi connectivity index (χ0n) is 12.7. The van der Waals surface area contributed by atoms with Crippen LogP contribution in [0.2, 0.25) is 0 Å². The third kappa shape index (κ3) is 4.62. The fourth-order valence-electron chi connectivity index (χ4n) is 2.45.